The molecule has 4 rings (SSSR count). The Hall–Kier alpha value is -2.04. The van der Waals surface area contributed by atoms with E-state index in [1.165, 1.54) is 0 Å². The Morgan fingerprint density at radius 2 is 1.27 bits per heavy atom. The van der Waals surface area contributed by atoms with E-state index >= 15 is 0 Å². The summed E-state index contributed by atoms with van der Waals surface area (Å²) in [7, 11) is 3.40. The highest BCUT2D eigenvalue weighted by molar-refractivity contribution is 9.13. The van der Waals surface area contributed by atoms with Gasteiger partial charge < -0.3 is 9.47 Å². The fourth-order valence-corrected chi connectivity index (χ4v) is 4.56. The molecular weight excluding hydrogens is 456 g/mol. The lowest BCUT2D eigenvalue weighted by Gasteiger charge is -2.20. The molecule has 0 aliphatic heterocycles. The Labute approximate surface area is 169 Å². The molecule has 0 unspecified atom stereocenters. The minimum absolute atomic E-state index is 0.783. The van der Waals surface area contributed by atoms with Crippen molar-refractivity contribution in [3.63, 3.8) is 0 Å². The molecule has 0 N–H and O–H groups in total. The van der Waals surface area contributed by atoms with Crippen LogP contribution in [0.2, 0.25) is 0 Å². The summed E-state index contributed by atoms with van der Waals surface area (Å²) in [6.45, 7) is 0. The Kier molecular flexibility index (Phi) is 4.63. The van der Waals surface area contributed by atoms with E-state index in [-0.39, 0.29) is 0 Å². The van der Waals surface area contributed by atoms with Gasteiger partial charge >= 0.3 is 0 Å². The average Bonchev–Trinajstić information content (AvgIpc) is 2.70. The maximum absolute atomic E-state index is 5.84. The van der Waals surface area contributed by atoms with Gasteiger partial charge in [-0.2, -0.15) is 0 Å². The molecule has 4 heteroatoms. The number of rotatable bonds is 3. The standard InChI is InChI=1S/C22H16Br2O2/c1-25-17-12-11-13-7-3-4-8-14(13)18(17)19-15-9-5-6-10-16(15)20(23)21(24)22(19)26-2/h3-12H,1-2H3. The predicted octanol–water partition coefficient (Wildman–Crippen LogP) is 7.20. The largest absolute Gasteiger partial charge is 0.496 e. The number of benzene rings is 4. The third kappa shape index (κ3) is 2.60. The normalized spacial score (nSPS) is 11.1. The van der Waals surface area contributed by atoms with Crippen LogP contribution in [0.1, 0.15) is 0 Å². The average molecular weight is 472 g/mol. The lowest BCUT2D eigenvalue weighted by molar-refractivity contribution is 0.409. The molecule has 2 nitrogen and oxygen atoms in total. The number of methoxy groups -OCH3 is 2. The van der Waals surface area contributed by atoms with Crippen molar-refractivity contribution in [2.45, 2.75) is 0 Å². The summed E-state index contributed by atoms with van der Waals surface area (Å²) in [5.74, 6) is 1.60. The first-order chi connectivity index (χ1) is 12.7. The van der Waals surface area contributed by atoms with E-state index < -0.39 is 0 Å². The van der Waals surface area contributed by atoms with Crippen LogP contribution < -0.4 is 9.47 Å². The number of fused-ring (bicyclic) bond motifs is 2. The molecule has 4 aromatic carbocycles. The summed E-state index contributed by atoms with van der Waals surface area (Å²) in [6.07, 6.45) is 0. The SMILES string of the molecule is COc1ccc2ccccc2c1-c1c(OC)c(Br)c(Br)c2ccccc12. The minimum atomic E-state index is 0.783. The van der Waals surface area contributed by atoms with Crippen LogP contribution in [0.5, 0.6) is 11.5 Å². The van der Waals surface area contributed by atoms with Crippen LogP contribution in [-0.2, 0) is 0 Å². The van der Waals surface area contributed by atoms with Crippen LogP contribution in [0.4, 0.5) is 0 Å². The molecule has 0 aromatic heterocycles. The van der Waals surface area contributed by atoms with Crippen molar-refractivity contribution in [1.29, 1.82) is 0 Å². The molecular formula is C22H16Br2O2. The van der Waals surface area contributed by atoms with Crippen molar-refractivity contribution in [2.24, 2.45) is 0 Å². The van der Waals surface area contributed by atoms with Crippen molar-refractivity contribution in [3.8, 4) is 22.6 Å². The monoisotopic (exact) mass is 470 g/mol. The summed E-state index contributed by atoms with van der Waals surface area (Å²) in [6, 6.07) is 20.7. The topological polar surface area (TPSA) is 18.5 Å². The van der Waals surface area contributed by atoms with Crippen molar-refractivity contribution in [2.75, 3.05) is 14.2 Å². The Balaban J connectivity index is 2.27. The second-order valence-electron chi connectivity index (χ2n) is 5.95. The molecule has 0 saturated carbocycles. The Bertz CT molecular complexity index is 1140. The summed E-state index contributed by atoms with van der Waals surface area (Å²) in [5, 5.41) is 4.51. The first-order valence-corrected chi connectivity index (χ1v) is 9.75. The van der Waals surface area contributed by atoms with Gasteiger partial charge in [0.05, 0.1) is 18.7 Å². The molecule has 0 bridgehead atoms. The minimum Gasteiger partial charge on any atom is -0.496 e. The van der Waals surface area contributed by atoms with Crippen molar-refractivity contribution < 1.29 is 9.47 Å². The highest BCUT2D eigenvalue weighted by atomic mass is 79.9. The third-order valence-corrected chi connectivity index (χ3v) is 6.73. The molecule has 0 atom stereocenters. The van der Waals surface area contributed by atoms with Gasteiger partial charge in [0.15, 0.2) is 0 Å². The van der Waals surface area contributed by atoms with Gasteiger partial charge in [-0.15, -0.1) is 0 Å². The first kappa shape index (κ1) is 17.4. The van der Waals surface area contributed by atoms with E-state index in [9.17, 15) is 0 Å². The number of hydrogen-bond acceptors (Lipinski definition) is 2. The van der Waals surface area contributed by atoms with Crippen molar-refractivity contribution >= 4 is 53.4 Å². The maximum Gasteiger partial charge on any atom is 0.142 e. The predicted molar refractivity (Wildman–Crippen MR) is 115 cm³/mol. The zero-order valence-corrected chi connectivity index (χ0v) is 17.5. The van der Waals surface area contributed by atoms with E-state index in [1.807, 2.05) is 30.3 Å². The van der Waals surface area contributed by atoms with Gasteiger partial charge in [0.25, 0.3) is 0 Å². The molecule has 0 radical (unpaired) electrons. The molecule has 0 saturated heterocycles. The Morgan fingerprint density at radius 1 is 0.615 bits per heavy atom. The van der Waals surface area contributed by atoms with Gasteiger partial charge in [-0.3, -0.25) is 0 Å². The van der Waals surface area contributed by atoms with Crippen LogP contribution >= 0.6 is 31.9 Å². The van der Waals surface area contributed by atoms with E-state index in [2.05, 4.69) is 62.2 Å². The summed E-state index contributed by atoms with van der Waals surface area (Å²) < 4.78 is 13.5. The van der Waals surface area contributed by atoms with Gasteiger partial charge in [-0.25, -0.2) is 0 Å². The van der Waals surface area contributed by atoms with Gasteiger partial charge in [0, 0.05) is 15.6 Å². The fourth-order valence-electron chi connectivity index (χ4n) is 3.46. The van der Waals surface area contributed by atoms with Gasteiger partial charge in [-0.1, -0.05) is 54.6 Å². The summed E-state index contributed by atoms with van der Waals surface area (Å²) in [4.78, 5) is 0. The van der Waals surface area contributed by atoms with E-state index in [0.717, 1.165) is 53.1 Å². The smallest absolute Gasteiger partial charge is 0.142 e. The second-order valence-corrected chi connectivity index (χ2v) is 7.53. The van der Waals surface area contributed by atoms with E-state index in [0.29, 0.717) is 0 Å². The van der Waals surface area contributed by atoms with Crippen LogP contribution in [0.15, 0.2) is 69.6 Å². The molecule has 0 fully saturated rings. The highest BCUT2D eigenvalue weighted by Crippen LogP contribution is 2.51. The van der Waals surface area contributed by atoms with Crippen LogP contribution in [0, 0.1) is 0 Å². The van der Waals surface area contributed by atoms with Gasteiger partial charge in [-0.05, 0) is 59.5 Å². The zero-order valence-electron chi connectivity index (χ0n) is 14.3. The second kappa shape index (κ2) is 6.93. The van der Waals surface area contributed by atoms with Crippen LogP contribution in [0.3, 0.4) is 0 Å². The highest BCUT2D eigenvalue weighted by Gasteiger charge is 2.22. The number of hydrogen-bond donors (Lipinski definition) is 0. The fraction of sp³-hybridized carbons (Fsp3) is 0.0909. The lowest BCUT2D eigenvalue weighted by Crippen LogP contribution is -1.96. The Morgan fingerprint density at radius 3 is 1.96 bits per heavy atom. The molecule has 130 valence electrons. The summed E-state index contributed by atoms with van der Waals surface area (Å²) >= 11 is 7.41. The number of halogens is 2. The van der Waals surface area contributed by atoms with Crippen LogP contribution in [0.25, 0.3) is 32.7 Å². The lowest BCUT2D eigenvalue weighted by atomic mass is 9.92. The van der Waals surface area contributed by atoms with Gasteiger partial charge in [0.1, 0.15) is 11.5 Å². The zero-order chi connectivity index (χ0) is 18.3. The molecule has 26 heavy (non-hydrogen) atoms. The molecule has 4 aromatic rings. The van der Waals surface area contributed by atoms with E-state index in [1.54, 1.807) is 14.2 Å². The summed E-state index contributed by atoms with van der Waals surface area (Å²) in [5.41, 5.74) is 2.05. The molecule has 0 aliphatic carbocycles. The number of ether oxygens (including phenoxy) is 2. The van der Waals surface area contributed by atoms with Crippen molar-refractivity contribution in [3.05, 3.63) is 69.6 Å². The molecule has 0 spiro atoms. The quantitative estimate of drug-likeness (QED) is 0.314. The molecule has 0 aliphatic rings. The third-order valence-electron chi connectivity index (χ3n) is 4.62. The maximum atomic E-state index is 5.84. The van der Waals surface area contributed by atoms with E-state index in [4.69, 9.17) is 9.47 Å². The molecule has 0 heterocycles. The van der Waals surface area contributed by atoms with Crippen LogP contribution in [-0.4, -0.2) is 14.2 Å². The van der Waals surface area contributed by atoms with Gasteiger partial charge in [0.2, 0.25) is 0 Å². The first-order valence-electron chi connectivity index (χ1n) is 8.17. The van der Waals surface area contributed by atoms with Crippen molar-refractivity contribution in [1.82, 2.24) is 0 Å². The molecule has 0 amide bonds.